The van der Waals surface area contributed by atoms with Crippen molar-refractivity contribution in [2.45, 2.75) is 18.7 Å². The maximum absolute atomic E-state index is 13.9. The Morgan fingerprint density at radius 2 is 1.84 bits per heavy atom. The molecule has 0 saturated heterocycles. The summed E-state index contributed by atoms with van der Waals surface area (Å²) < 4.78 is 19.1. The van der Waals surface area contributed by atoms with Gasteiger partial charge in [0.25, 0.3) is 0 Å². The molecule has 100 valence electrons. The van der Waals surface area contributed by atoms with E-state index in [0.717, 1.165) is 5.56 Å². The molecule has 1 unspecified atom stereocenters. The molecule has 0 bridgehead atoms. The van der Waals surface area contributed by atoms with Crippen LogP contribution in [-0.2, 0) is 6.42 Å². The molecule has 0 aliphatic heterocycles. The molecular weight excluding hydrogens is 263 g/mol. The third-order valence-electron chi connectivity index (χ3n) is 3.08. The maximum atomic E-state index is 13.9. The van der Waals surface area contributed by atoms with Crippen molar-refractivity contribution in [3.63, 3.8) is 0 Å². The third-order valence-corrected chi connectivity index (χ3v) is 3.45. The fourth-order valence-electron chi connectivity index (χ4n) is 2.03. The largest absolute Gasteiger partial charge is 0.496 e. The molecular formula is C16H16ClFO. The minimum atomic E-state index is -0.446. The van der Waals surface area contributed by atoms with Gasteiger partial charge in [0.1, 0.15) is 11.6 Å². The van der Waals surface area contributed by atoms with Crippen LogP contribution in [-0.4, -0.2) is 7.11 Å². The molecule has 0 fully saturated rings. The summed E-state index contributed by atoms with van der Waals surface area (Å²) in [6, 6.07) is 12.8. The van der Waals surface area contributed by atoms with Crippen LogP contribution in [0, 0.1) is 12.7 Å². The number of rotatable bonds is 4. The lowest BCUT2D eigenvalue weighted by Crippen LogP contribution is -2.02. The van der Waals surface area contributed by atoms with Gasteiger partial charge in [-0.05, 0) is 31.0 Å². The highest BCUT2D eigenvalue weighted by Crippen LogP contribution is 2.34. The fourth-order valence-corrected chi connectivity index (χ4v) is 2.42. The van der Waals surface area contributed by atoms with Crippen molar-refractivity contribution in [2.75, 3.05) is 7.11 Å². The van der Waals surface area contributed by atoms with Crippen LogP contribution < -0.4 is 4.74 Å². The van der Waals surface area contributed by atoms with Gasteiger partial charge >= 0.3 is 0 Å². The van der Waals surface area contributed by atoms with Gasteiger partial charge in [0.2, 0.25) is 0 Å². The van der Waals surface area contributed by atoms with Crippen molar-refractivity contribution in [1.82, 2.24) is 0 Å². The number of methoxy groups -OCH3 is 1. The van der Waals surface area contributed by atoms with E-state index in [1.54, 1.807) is 12.1 Å². The molecule has 1 atom stereocenters. The summed E-state index contributed by atoms with van der Waals surface area (Å²) >= 11 is 6.35. The average molecular weight is 279 g/mol. The maximum Gasteiger partial charge on any atom is 0.131 e. The summed E-state index contributed by atoms with van der Waals surface area (Å²) in [6.07, 6.45) is 0.569. The van der Waals surface area contributed by atoms with Gasteiger partial charge in [-0.3, -0.25) is 0 Å². The molecule has 0 aliphatic carbocycles. The molecule has 0 amide bonds. The Labute approximate surface area is 118 Å². The number of halogens is 2. The summed E-state index contributed by atoms with van der Waals surface area (Å²) in [5.41, 5.74) is 2.70. The highest BCUT2D eigenvalue weighted by molar-refractivity contribution is 6.21. The van der Waals surface area contributed by atoms with Crippen LogP contribution in [0.5, 0.6) is 5.75 Å². The normalized spacial score (nSPS) is 12.2. The number of ether oxygens (including phenoxy) is 1. The van der Waals surface area contributed by atoms with E-state index in [1.165, 1.54) is 18.7 Å². The summed E-state index contributed by atoms with van der Waals surface area (Å²) in [5, 5.41) is -0.446. The summed E-state index contributed by atoms with van der Waals surface area (Å²) in [5.74, 6) is 0.165. The van der Waals surface area contributed by atoms with Crippen molar-refractivity contribution in [2.24, 2.45) is 0 Å². The van der Waals surface area contributed by atoms with Crippen molar-refractivity contribution in [1.29, 1.82) is 0 Å². The first kappa shape index (κ1) is 13.9. The molecule has 2 aromatic carbocycles. The summed E-state index contributed by atoms with van der Waals surface area (Å²) in [6.45, 7) is 2.03. The zero-order valence-electron chi connectivity index (χ0n) is 11.0. The predicted molar refractivity (Wildman–Crippen MR) is 76.4 cm³/mol. The lowest BCUT2D eigenvalue weighted by Gasteiger charge is -2.15. The second kappa shape index (κ2) is 6.07. The second-order valence-electron chi connectivity index (χ2n) is 4.51. The van der Waals surface area contributed by atoms with Crippen molar-refractivity contribution >= 4 is 11.6 Å². The van der Waals surface area contributed by atoms with E-state index < -0.39 is 5.38 Å². The van der Waals surface area contributed by atoms with E-state index in [4.69, 9.17) is 16.3 Å². The van der Waals surface area contributed by atoms with Gasteiger partial charge in [-0.15, -0.1) is 11.6 Å². The fraction of sp³-hybridized carbons (Fsp3) is 0.250. The molecule has 2 aromatic rings. The third kappa shape index (κ3) is 3.27. The van der Waals surface area contributed by atoms with Gasteiger partial charge in [0, 0.05) is 5.56 Å². The van der Waals surface area contributed by atoms with E-state index >= 15 is 0 Å². The first-order valence-electron chi connectivity index (χ1n) is 6.14. The Morgan fingerprint density at radius 3 is 2.47 bits per heavy atom. The lowest BCUT2D eigenvalue weighted by atomic mass is 10.0. The molecule has 0 spiro atoms. The molecule has 0 aliphatic rings. The monoisotopic (exact) mass is 278 g/mol. The minimum absolute atomic E-state index is 0.327. The standard InChI is InChI=1S/C16H16ClFO/c1-11-6-8-12(9-7-11)10-13(17)16-14(18)4-3-5-15(16)19-2/h3-9,13H,10H2,1-2H3. The Hall–Kier alpha value is -1.54. The Morgan fingerprint density at radius 1 is 1.16 bits per heavy atom. The van der Waals surface area contributed by atoms with Gasteiger partial charge in [-0.25, -0.2) is 4.39 Å². The molecule has 2 rings (SSSR count). The average Bonchev–Trinajstić information content (AvgIpc) is 2.40. The van der Waals surface area contributed by atoms with Crippen LogP contribution in [0.2, 0.25) is 0 Å². The van der Waals surface area contributed by atoms with E-state index in [1.807, 2.05) is 31.2 Å². The lowest BCUT2D eigenvalue weighted by molar-refractivity contribution is 0.403. The zero-order chi connectivity index (χ0) is 13.8. The smallest absolute Gasteiger partial charge is 0.131 e. The van der Waals surface area contributed by atoms with Gasteiger partial charge in [0.15, 0.2) is 0 Å². The van der Waals surface area contributed by atoms with Gasteiger partial charge in [0.05, 0.1) is 12.5 Å². The first-order chi connectivity index (χ1) is 9.11. The number of hydrogen-bond donors (Lipinski definition) is 0. The quantitative estimate of drug-likeness (QED) is 0.739. The highest BCUT2D eigenvalue weighted by Gasteiger charge is 2.18. The summed E-state index contributed by atoms with van der Waals surface area (Å²) in [7, 11) is 1.52. The van der Waals surface area contributed by atoms with E-state index in [-0.39, 0.29) is 5.82 Å². The molecule has 0 saturated carbocycles. The second-order valence-corrected chi connectivity index (χ2v) is 5.04. The Kier molecular flexibility index (Phi) is 4.43. The van der Waals surface area contributed by atoms with E-state index in [2.05, 4.69) is 0 Å². The molecule has 0 N–H and O–H groups in total. The topological polar surface area (TPSA) is 9.23 Å². The van der Waals surface area contributed by atoms with Crippen LogP contribution in [0.3, 0.4) is 0 Å². The molecule has 0 radical (unpaired) electrons. The van der Waals surface area contributed by atoms with Gasteiger partial charge < -0.3 is 4.74 Å². The van der Waals surface area contributed by atoms with Crippen LogP contribution in [0.15, 0.2) is 42.5 Å². The number of aryl methyl sites for hydroxylation is 1. The van der Waals surface area contributed by atoms with E-state index in [0.29, 0.717) is 17.7 Å². The van der Waals surface area contributed by atoms with Crippen LogP contribution in [0.1, 0.15) is 22.1 Å². The molecule has 0 heterocycles. The SMILES string of the molecule is COc1cccc(F)c1C(Cl)Cc1ccc(C)cc1. The van der Waals surface area contributed by atoms with Crippen LogP contribution >= 0.6 is 11.6 Å². The summed E-state index contributed by atoms with van der Waals surface area (Å²) in [4.78, 5) is 0. The Bertz CT molecular complexity index is 551. The molecule has 0 aromatic heterocycles. The van der Waals surface area contributed by atoms with Gasteiger partial charge in [-0.1, -0.05) is 35.9 Å². The number of alkyl halides is 1. The molecule has 19 heavy (non-hydrogen) atoms. The number of hydrogen-bond acceptors (Lipinski definition) is 1. The van der Waals surface area contributed by atoms with Crippen molar-refractivity contribution < 1.29 is 9.13 Å². The predicted octanol–water partition coefficient (Wildman–Crippen LogP) is 4.67. The highest BCUT2D eigenvalue weighted by atomic mass is 35.5. The van der Waals surface area contributed by atoms with Crippen LogP contribution in [0.25, 0.3) is 0 Å². The van der Waals surface area contributed by atoms with E-state index in [9.17, 15) is 4.39 Å². The number of benzene rings is 2. The van der Waals surface area contributed by atoms with Crippen molar-refractivity contribution in [3.8, 4) is 5.75 Å². The molecule has 3 heteroatoms. The molecule has 1 nitrogen and oxygen atoms in total. The first-order valence-corrected chi connectivity index (χ1v) is 6.57. The zero-order valence-corrected chi connectivity index (χ0v) is 11.7. The van der Waals surface area contributed by atoms with Gasteiger partial charge in [-0.2, -0.15) is 0 Å². The Balaban J connectivity index is 2.24. The minimum Gasteiger partial charge on any atom is -0.496 e. The van der Waals surface area contributed by atoms with Crippen molar-refractivity contribution in [3.05, 3.63) is 65.0 Å². The van der Waals surface area contributed by atoms with Crippen LogP contribution in [0.4, 0.5) is 4.39 Å².